The van der Waals surface area contributed by atoms with Crippen LogP contribution in [0.15, 0.2) is 39.5 Å². The van der Waals surface area contributed by atoms with Gasteiger partial charge in [0.1, 0.15) is 17.1 Å². The van der Waals surface area contributed by atoms with Crippen molar-refractivity contribution in [3.05, 3.63) is 63.3 Å². The lowest BCUT2D eigenvalue weighted by Gasteiger charge is -2.27. The average molecular weight is 472 g/mol. The summed E-state index contributed by atoms with van der Waals surface area (Å²) in [6, 6.07) is 5.89. The molecule has 10 heteroatoms. The summed E-state index contributed by atoms with van der Waals surface area (Å²) in [5.41, 5.74) is 5.54. The van der Waals surface area contributed by atoms with Crippen LogP contribution in [0.25, 0.3) is 11.0 Å². The summed E-state index contributed by atoms with van der Waals surface area (Å²) < 4.78 is 40.5. The van der Waals surface area contributed by atoms with E-state index in [-0.39, 0.29) is 33.6 Å². The lowest BCUT2D eigenvalue weighted by atomic mass is 9.99. The molecule has 8 nitrogen and oxygen atoms in total. The van der Waals surface area contributed by atoms with E-state index >= 15 is 0 Å². The summed E-state index contributed by atoms with van der Waals surface area (Å²) in [7, 11) is 3.19. The quantitative estimate of drug-likeness (QED) is 0.549. The standard InChI is InChI=1S/C24H26F2N4O4/c1-13(28-22-17(25)4-5-18(27)21(22)26)15-10-14(24(32)29(2)3)11-16-19(31)12-20(34-23(15)16)30-6-8-33-9-7-30/h4-5,10-13,28H,6-9,27H2,1-3H3. The van der Waals surface area contributed by atoms with Crippen LogP contribution in [-0.2, 0) is 4.74 Å². The second kappa shape index (κ2) is 9.30. The zero-order valence-electron chi connectivity index (χ0n) is 19.2. The summed E-state index contributed by atoms with van der Waals surface area (Å²) in [5.74, 6) is -1.71. The Morgan fingerprint density at radius 1 is 1.18 bits per heavy atom. The predicted molar refractivity (Wildman–Crippen MR) is 126 cm³/mol. The number of hydrogen-bond donors (Lipinski definition) is 2. The number of rotatable bonds is 5. The van der Waals surface area contributed by atoms with Crippen LogP contribution in [-0.4, -0.2) is 51.2 Å². The number of halogens is 2. The minimum absolute atomic E-state index is 0.196. The molecule has 0 bridgehead atoms. The van der Waals surface area contributed by atoms with Crippen LogP contribution in [0, 0.1) is 11.6 Å². The molecule has 0 saturated carbocycles. The van der Waals surface area contributed by atoms with Crippen molar-refractivity contribution in [3.63, 3.8) is 0 Å². The first-order valence-corrected chi connectivity index (χ1v) is 10.8. The van der Waals surface area contributed by atoms with E-state index in [0.29, 0.717) is 37.8 Å². The Balaban J connectivity index is 1.88. The largest absolute Gasteiger partial charge is 0.440 e. The number of hydrogen-bond acceptors (Lipinski definition) is 7. The zero-order chi connectivity index (χ0) is 24.6. The van der Waals surface area contributed by atoms with Crippen molar-refractivity contribution in [2.24, 2.45) is 0 Å². The van der Waals surface area contributed by atoms with Gasteiger partial charge in [0.25, 0.3) is 5.91 Å². The van der Waals surface area contributed by atoms with Crippen molar-refractivity contribution >= 4 is 34.1 Å². The minimum atomic E-state index is -0.924. The van der Waals surface area contributed by atoms with Crippen molar-refractivity contribution in [3.8, 4) is 0 Å². The van der Waals surface area contributed by atoms with Crippen molar-refractivity contribution in [2.45, 2.75) is 13.0 Å². The SMILES string of the molecule is CC(Nc1c(F)ccc(N)c1F)c1cc(C(=O)N(C)C)cc2c(=O)cc(N3CCOCC3)oc12. The lowest BCUT2D eigenvalue weighted by molar-refractivity contribution is 0.0827. The molecule has 2 heterocycles. The molecule has 3 N–H and O–H groups in total. The molecular weight excluding hydrogens is 446 g/mol. The first kappa shape index (κ1) is 23.5. The van der Waals surface area contributed by atoms with Crippen molar-refractivity contribution in [1.29, 1.82) is 0 Å². The fourth-order valence-corrected chi connectivity index (χ4v) is 3.91. The van der Waals surface area contributed by atoms with Crippen LogP contribution in [0.3, 0.4) is 0 Å². The van der Waals surface area contributed by atoms with Crippen LogP contribution in [0.4, 0.5) is 26.0 Å². The van der Waals surface area contributed by atoms with E-state index in [0.717, 1.165) is 12.1 Å². The number of nitrogen functional groups attached to an aromatic ring is 1. The monoisotopic (exact) mass is 472 g/mol. The molecule has 3 aromatic rings. The van der Waals surface area contributed by atoms with Gasteiger partial charge in [-0.2, -0.15) is 0 Å². The van der Waals surface area contributed by atoms with E-state index in [9.17, 15) is 18.4 Å². The molecule has 1 unspecified atom stereocenters. The summed E-state index contributed by atoms with van der Waals surface area (Å²) in [4.78, 5) is 29.1. The minimum Gasteiger partial charge on any atom is -0.440 e. The molecule has 1 atom stereocenters. The van der Waals surface area contributed by atoms with Crippen molar-refractivity contribution in [2.75, 3.05) is 56.3 Å². The van der Waals surface area contributed by atoms with Crippen LogP contribution >= 0.6 is 0 Å². The van der Waals surface area contributed by atoms with E-state index in [2.05, 4.69) is 5.32 Å². The molecule has 1 aromatic heterocycles. The van der Waals surface area contributed by atoms with E-state index in [1.165, 1.54) is 17.0 Å². The van der Waals surface area contributed by atoms with Crippen LogP contribution in [0.5, 0.6) is 0 Å². The van der Waals surface area contributed by atoms with Crippen molar-refractivity contribution < 1.29 is 22.7 Å². The molecule has 34 heavy (non-hydrogen) atoms. The van der Waals surface area contributed by atoms with Gasteiger partial charge in [0.05, 0.1) is 30.3 Å². The molecule has 1 aliphatic heterocycles. The predicted octanol–water partition coefficient (Wildman–Crippen LogP) is 3.36. The average Bonchev–Trinajstić information content (AvgIpc) is 2.83. The smallest absolute Gasteiger partial charge is 0.253 e. The van der Waals surface area contributed by atoms with E-state index in [1.807, 2.05) is 4.90 Å². The Labute approximate surface area is 194 Å². The Kier molecular flexibility index (Phi) is 6.43. The van der Waals surface area contributed by atoms with Crippen LogP contribution < -0.4 is 21.4 Å². The number of nitrogens with zero attached hydrogens (tertiary/aromatic N) is 2. The molecular formula is C24H26F2N4O4. The fourth-order valence-electron chi connectivity index (χ4n) is 3.91. The molecule has 1 saturated heterocycles. The fraction of sp³-hybridized carbons (Fsp3) is 0.333. The van der Waals surface area contributed by atoms with Gasteiger partial charge in [-0.25, -0.2) is 8.78 Å². The van der Waals surface area contributed by atoms with Gasteiger partial charge in [-0.3, -0.25) is 9.59 Å². The number of nitrogens with two attached hydrogens (primary N) is 1. The first-order valence-electron chi connectivity index (χ1n) is 10.8. The molecule has 0 radical (unpaired) electrons. The third-order valence-corrected chi connectivity index (χ3v) is 5.77. The third kappa shape index (κ3) is 4.41. The van der Waals surface area contributed by atoms with E-state index in [4.69, 9.17) is 14.9 Å². The maximum Gasteiger partial charge on any atom is 0.253 e. The second-order valence-electron chi connectivity index (χ2n) is 8.38. The zero-order valence-corrected chi connectivity index (χ0v) is 19.2. The highest BCUT2D eigenvalue weighted by atomic mass is 19.1. The number of fused-ring (bicyclic) bond motifs is 1. The van der Waals surface area contributed by atoms with Crippen molar-refractivity contribution in [1.82, 2.24) is 4.90 Å². The van der Waals surface area contributed by atoms with Gasteiger partial charge in [-0.15, -0.1) is 0 Å². The topological polar surface area (TPSA) is 101 Å². The molecule has 1 aliphatic rings. The number of carbonyl (C=O) groups is 1. The number of anilines is 3. The number of benzene rings is 2. The van der Waals surface area contributed by atoms with Gasteiger partial charge in [0, 0.05) is 44.4 Å². The Bertz CT molecular complexity index is 1300. The van der Waals surface area contributed by atoms with Gasteiger partial charge < -0.3 is 30.0 Å². The highest BCUT2D eigenvalue weighted by Crippen LogP contribution is 2.33. The summed E-state index contributed by atoms with van der Waals surface area (Å²) in [6.45, 7) is 3.75. The third-order valence-electron chi connectivity index (χ3n) is 5.77. The number of nitrogens with one attached hydrogen (secondary N) is 1. The molecule has 4 rings (SSSR count). The molecule has 2 aromatic carbocycles. The Morgan fingerprint density at radius 3 is 2.56 bits per heavy atom. The number of ether oxygens (including phenoxy) is 1. The summed E-state index contributed by atoms with van der Waals surface area (Å²) in [6.07, 6.45) is 0. The summed E-state index contributed by atoms with van der Waals surface area (Å²) in [5, 5.41) is 2.99. The Hall–Kier alpha value is -3.66. The number of carbonyl (C=O) groups excluding carboxylic acids is 1. The van der Waals surface area contributed by atoms with E-state index in [1.54, 1.807) is 27.1 Å². The Morgan fingerprint density at radius 2 is 1.88 bits per heavy atom. The molecule has 1 fully saturated rings. The van der Waals surface area contributed by atoms with Gasteiger partial charge >= 0.3 is 0 Å². The highest BCUT2D eigenvalue weighted by molar-refractivity contribution is 5.98. The van der Waals surface area contributed by atoms with Gasteiger partial charge in [0.2, 0.25) is 0 Å². The number of morpholine rings is 1. The molecule has 180 valence electrons. The normalized spacial score (nSPS) is 14.8. The first-order chi connectivity index (χ1) is 16.2. The van der Waals surface area contributed by atoms with E-state index < -0.39 is 23.4 Å². The maximum absolute atomic E-state index is 14.6. The van der Waals surface area contributed by atoms with Gasteiger partial charge in [0.15, 0.2) is 17.1 Å². The maximum atomic E-state index is 14.6. The van der Waals surface area contributed by atoms with Crippen LogP contribution in [0.1, 0.15) is 28.9 Å². The number of amides is 1. The highest BCUT2D eigenvalue weighted by Gasteiger charge is 2.23. The summed E-state index contributed by atoms with van der Waals surface area (Å²) >= 11 is 0. The van der Waals surface area contributed by atoms with Gasteiger partial charge in [-0.1, -0.05) is 0 Å². The van der Waals surface area contributed by atoms with Gasteiger partial charge in [-0.05, 0) is 31.2 Å². The lowest BCUT2D eigenvalue weighted by Crippen LogP contribution is -2.36. The molecule has 0 aliphatic carbocycles. The van der Waals surface area contributed by atoms with Crippen LogP contribution in [0.2, 0.25) is 0 Å². The molecule has 1 amide bonds. The molecule has 0 spiro atoms. The second-order valence-corrected chi connectivity index (χ2v) is 8.38.